The number of hydrogen-bond donors (Lipinski definition) is 2. The second kappa shape index (κ2) is 7.02. The summed E-state index contributed by atoms with van der Waals surface area (Å²) in [5.41, 5.74) is 2.45. The molecule has 0 saturated heterocycles. The molecule has 0 radical (unpaired) electrons. The summed E-state index contributed by atoms with van der Waals surface area (Å²) in [6.45, 7) is 4.08. The molecule has 0 amide bonds. The molecule has 1 N–H and O–H groups in total. The fourth-order valence-electron chi connectivity index (χ4n) is 1.29. The van der Waals surface area contributed by atoms with Crippen molar-refractivity contribution in [2.75, 3.05) is 0 Å². The molecule has 0 aliphatic heterocycles. The first-order valence-corrected chi connectivity index (χ1v) is 6.10. The van der Waals surface area contributed by atoms with Crippen LogP contribution in [0.5, 0.6) is 5.75 Å². The second-order valence-electron chi connectivity index (χ2n) is 3.92. The van der Waals surface area contributed by atoms with Crippen molar-refractivity contribution in [3.8, 4) is 5.75 Å². The molecule has 0 spiro atoms. The first-order chi connectivity index (χ1) is 8.09. The number of benzene rings is 2. The van der Waals surface area contributed by atoms with Crippen molar-refractivity contribution < 1.29 is 5.11 Å². The Morgan fingerprint density at radius 2 is 1.47 bits per heavy atom. The van der Waals surface area contributed by atoms with Crippen LogP contribution in [0.15, 0.2) is 54.6 Å². The largest absolute Gasteiger partial charge is 0.508 e. The van der Waals surface area contributed by atoms with Crippen LogP contribution in [0, 0.1) is 6.92 Å². The Morgan fingerprint density at radius 3 is 1.82 bits per heavy atom. The zero-order chi connectivity index (χ0) is 12.7. The third-order valence-electron chi connectivity index (χ3n) is 2.32. The Hall–Kier alpha value is -1.41. The SMILES string of the molecule is CC(S)c1ccc(O)cc1.Cc1ccccc1. The van der Waals surface area contributed by atoms with Gasteiger partial charge >= 0.3 is 0 Å². The molecule has 2 rings (SSSR count). The fraction of sp³-hybridized carbons (Fsp3) is 0.200. The third-order valence-corrected chi connectivity index (χ3v) is 2.61. The van der Waals surface area contributed by atoms with Crippen LogP contribution in [-0.4, -0.2) is 5.11 Å². The summed E-state index contributed by atoms with van der Waals surface area (Å²) in [6, 6.07) is 17.3. The molecule has 0 aliphatic rings. The zero-order valence-electron chi connectivity index (χ0n) is 10.2. The molecule has 1 unspecified atom stereocenters. The van der Waals surface area contributed by atoms with Crippen LogP contribution in [0.1, 0.15) is 23.3 Å². The van der Waals surface area contributed by atoms with Gasteiger partial charge in [-0.25, -0.2) is 0 Å². The van der Waals surface area contributed by atoms with Gasteiger partial charge in [0, 0.05) is 5.25 Å². The molecular weight excluding hydrogens is 228 g/mol. The van der Waals surface area contributed by atoms with E-state index in [1.165, 1.54) is 5.56 Å². The van der Waals surface area contributed by atoms with E-state index in [2.05, 4.69) is 31.7 Å². The molecule has 1 nitrogen and oxygen atoms in total. The third kappa shape index (κ3) is 5.45. The first kappa shape index (κ1) is 13.7. The number of aromatic hydroxyl groups is 1. The van der Waals surface area contributed by atoms with E-state index in [9.17, 15) is 0 Å². The van der Waals surface area contributed by atoms with Gasteiger partial charge < -0.3 is 5.11 Å². The molecular formula is C15H18OS. The minimum absolute atomic E-state index is 0.237. The molecule has 1 atom stereocenters. The van der Waals surface area contributed by atoms with Crippen molar-refractivity contribution in [1.29, 1.82) is 0 Å². The van der Waals surface area contributed by atoms with Crippen molar-refractivity contribution in [2.45, 2.75) is 19.1 Å². The Labute approximate surface area is 109 Å². The lowest BCUT2D eigenvalue weighted by atomic mass is 10.2. The normalized spacial score (nSPS) is 11.2. The van der Waals surface area contributed by atoms with Gasteiger partial charge in [0.25, 0.3) is 0 Å². The van der Waals surface area contributed by atoms with Crippen LogP contribution >= 0.6 is 12.6 Å². The van der Waals surface area contributed by atoms with E-state index >= 15 is 0 Å². The van der Waals surface area contributed by atoms with Crippen molar-refractivity contribution in [1.82, 2.24) is 0 Å². The van der Waals surface area contributed by atoms with Gasteiger partial charge in [0.15, 0.2) is 0 Å². The van der Waals surface area contributed by atoms with Crippen LogP contribution in [0.25, 0.3) is 0 Å². The van der Waals surface area contributed by atoms with Crippen LogP contribution in [0.3, 0.4) is 0 Å². The van der Waals surface area contributed by atoms with E-state index < -0.39 is 0 Å². The molecule has 0 aliphatic carbocycles. The van der Waals surface area contributed by atoms with Gasteiger partial charge in [0.05, 0.1) is 0 Å². The predicted octanol–water partition coefficient (Wildman–Crippen LogP) is 4.38. The van der Waals surface area contributed by atoms with Gasteiger partial charge in [-0.05, 0) is 31.5 Å². The van der Waals surface area contributed by atoms with Crippen LogP contribution in [-0.2, 0) is 0 Å². The monoisotopic (exact) mass is 246 g/mol. The second-order valence-corrected chi connectivity index (χ2v) is 4.70. The van der Waals surface area contributed by atoms with Crippen molar-refractivity contribution in [3.63, 3.8) is 0 Å². The molecule has 0 fully saturated rings. The molecule has 2 aromatic rings. The van der Waals surface area contributed by atoms with E-state index in [0.29, 0.717) is 5.75 Å². The Kier molecular flexibility index (Phi) is 5.64. The van der Waals surface area contributed by atoms with Crippen LogP contribution in [0.4, 0.5) is 0 Å². The molecule has 0 bridgehead atoms. The maximum atomic E-state index is 8.91. The van der Waals surface area contributed by atoms with Gasteiger partial charge in [-0.2, -0.15) is 12.6 Å². The Morgan fingerprint density at radius 1 is 0.941 bits per heavy atom. The van der Waals surface area contributed by atoms with Crippen molar-refractivity contribution in [2.24, 2.45) is 0 Å². The highest BCUT2D eigenvalue weighted by Gasteiger charge is 1.97. The maximum absolute atomic E-state index is 8.91. The number of phenols is 1. The van der Waals surface area contributed by atoms with E-state index in [-0.39, 0.29) is 5.25 Å². The fourth-order valence-corrected chi connectivity index (χ4v) is 1.46. The highest BCUT2D eigenvalue weighted by Crippen LogP contribution is 2.20. The molecule has 0 saturated carbocycles. The smallest absolute Gasteiger partial charge is 0.115 e. The first-order valence-electron chi connectivity index (χ1n) is 5.58. The van der Waals surface area contributed by atoms with Gasteiger partial charge in [-0.1, -0.05) is 48.0 Å². The summed E-state index contributed by atoms with van der Waals surface area (Å²) in [7, 11) is 0. The van der Waals surface area contributed by atoms with Gasteiger partial charge in [0.1, 0.15) is 5.75 Å². The van der Waals surface area contributed by atoms with Gasteiger partial charge in [-0.15, -0.1) is 0 Å². The summed E-state index contributed by atoms with van der Waals surface area (Å²) in [5.74, 6) is 0.303. The lowest BCUT2D eigenvalue weighted by Crippen LogP contribution is -1.81. The number of thiol groups is 1. The molecule has 17 heavy (non-hydrogen) atoms. The van der Waals surface area contributed by atoms with E-state index in [1.54, 1.807) is 12.1 Å². The predicted molar refractivity (Wildman–Crippen MR) is 76.7 cm³/mol. The highest BCUT2D eigenvalue weighted by atomic mass is 32.1. The molecule has 2 aromatic carbocycles. The van der Waals surface area contributed by atoms with E-state index in [1.807, 2.05) is 37.3 Å². The van der Waals surface area contributed by atoms with Gasteiger partial charge in [-0.3, -0.25) is 0 Å². The van der Waals surface area contributed by atoms with Crippen LogP contribution in [0.2, 0.25) is 0 Å². The molecule has 2 heteroatoms. The van der Waals surface area contributed by atoms with Crippen molar-refractivity contribution in [3.05, 3.63) is 65.7 Å². The van der Waals surface area contributed by atoms with Crippen molar-refractivity contribution >= 4 is 12.6 Å². The molecule has 0 heterocycles. The maximum Gasteiger partial charge on any atom is 0.115 e. The number of hydrogen-bond acceptors (Lipinski definition) is 2. The van der Waals surface area contributed by atoms with E-state index in [4.69, 9.17) is 5.11 Å². The standard InChI is InChI=1S/C8H10OS.C7H8/c1-6(10)7-2-4-8(9)5-3-7;1-7-5-3-2-4-6-7/h2-6,9-10H,1H3;2-6H,1H3. The quantitative estimate of drug-likeness (QED) is 0.716. The number of aryl methyl sites for hydroxylation is 1. The van der Waals surface area contributed by atoms with E-state index in [0.717, 1.165) is 5.56 Å². The summed E-state index contributed by atoms with van der Waals surface area (Å²) < 4.78 is 0. The highest BCUT2D eigenvalue weighted by molar-refractivity contribution is 7.80. The average Bonchev–Trinajstić information content (AvgIpc) is 2.31. The lowest BCUT2D eigenvalue weighted by Gasteiger charge is -2.02. The Bertz CT molecular complexity index is 420. The topological polar surface area (TPSA) is 20.2 Å². The Balaban J connectivity index is 0.000000181. The summed E-state index contributed by atoms with van der Waals surface area (Å²) >= 11 is 4.24. The average molecular weight is 246 g/mol. The number of phenolic OH excluding ortho intramolecular Hbond substituents is 1. The molecule has 0 aromatic heterocycles. The summed E-state index contributed by atoms with van der Waals surface area (Å²) in [6.07, 6.45) is 0. The van der Waals surface area contributed by atoms with Gasteiger partial charge in [0.2, 0.25) is 0 Å². The minimum atomic E-state index is 0.237. The summed E-state index contributed by atoms with van der Waals surface area (Å²) in [5, 5.41) is 9.15. The lowest BCUT2D eigenvalue weighted by molar-refractivity contribution is 0.475. The zero-order valence-corrected chi connectivity index (χ0v) is 11.1. The molecule has 90 valence electrons. The summed E-state index contributed by atoms with van der Waals surface area (Å²) in [4.78, 5) is 0. The number of rotatable bonds is 1. The minimum Gasteiger partial charge on any atom is -0.508 e. The van der Waals surface area contributed by atoms with Crippen LogP contribution < -0.4 is 0 Å².